The monoisotopic (exact) mass is 319 g/mol. The molecule has 0 aromatic heterocycles. The van der Waals surface area contributed by atoms with E-state index in [0.717, 1.165) is 5.56 Å². The Bertz CT molecular complexity index is 540. The second-order valence-corrected chi connectivity index (χ2v) is 5.67. The van der Waals surface area contributed by atoms with Crippen molar-refractivity contribution in [1.82, 2.24) is 15.1 Å². The van der Waals surface area contributed by atoms with Crippen LogP contribution in [0.1, 0.15) is 18.1 Å². The van der Waals surface area contributed by atoms with Gasteiger partial charge in [0.1, 0.15) is 0 Å². The van der Waals surface area contributed by atoms with Crippen LogP contribution in [0.4, 0.5) is 4.79 Å². The van der Waals surface area contributed by atoms with Gasteiger partial charge in [-0.1, -0.05) is 24.3 Å². The van der Waals surface area contributed by atoms with Crippen LogP contribution in [0.3, 0.4) is 0 Å². The zero-order valence-corrected chi connectivity index (χ0v) is 13.9. The van der Waals surface area contributed by atoms with Crippen molar-refractivity contribution in [3.05, 3.63) is 35.4 Å². The van der Waals surface area contributed by atoms with Gasteiger partial charge in [0.25, 0.3) is 0 Å². The van der Waals surface area contributed by atoms with Gasteiger partial charge in [0.2, 0.25) is 5.91 Å². The molecule has 126 valence electrons. The number of benzene rings is 1. The van der Waals surface area contributed by atoms with E-state index in [1.807, 2.05) is 31.2 Å². The average Bonchev–Trinajstić information content (AvgIpc) is 2.55. The molecule has 1 heterocycles. The number of ether oxygens (including phenoxy) is 1. The smallest absolute Gasteiger partial charge is 0.409 e. The minimum Gasteiger partial charge on any atom is -0.450 e. The standard InChI is InChI=1S/C17H25N3O3/c1-3-23-17(22)20-10-8-19(9-11-20)13-16(21)18-12-15-7-5-4-6-14(15)2/h4-7H,3,8-13H2,1-2H3,(H,18,21). The molecule has 0 saturated carbocycles. The summed E-state index contributed by atoms with van der Waals surface area (Å²) in [5.74, 6) is 0.0119. The van der Waals surface area contributed by atoms with Crippen LogP contribution >= 0.6 is 0 Å². The van der Waals surface area contributed by atoms with Crippen LogP contribution in [0.2, 0.25) is 0 Å². The second-order valence-electron chi connectivity index (χ2n) is 5.67. The molecular formula is C17H25N3O3. The highest BCUT2D eigenvalue weighted by Crippen LogP contribution is 2.07. The third kappa shape index (κ3) is 5.25. The van der Waals surface area contributed by atoms with Crippen molar-refractivity contribution in [1.29, 1.82) is 0 Å². The van der Waals surface area contributed by atoms with Gasteiger partial charge in [-0.05, 0) is 25.0 Å². The van der Waals surface area contributed by atoms with E-state index in [1.54, 1.807) is 11.8 Å². The Kier molecular flexibility index (Phi) is 6.40. The maximum absolute atomic E-state index is 12.1. The number of carbonyl (C=O) groups excluding carboxylic acids is 2. The number of hydrogen-bond donors (Lipinski definition) is 1. The highest BCUT2D eigenvalue weighted by atomic mass is 16.6. The molecule has 2 rings (SSSR count). The number of amides is 2. The summed E-state index contributed by atoms with van der Waals surface area (Å²) in [5.41, 5.74) is 2.31. The summed E-state index contributed by atoms with van der Waals surface area (Å²) in [7, 11) is 0. The first-order valence-electron chi connectivity index (χ1n) is 8.05. The van der Waals surface area contributed by atoms with E-state index in [1.165, 1.54) is 5.56 Å². The van der Waals surface area contributed by atoms with Gasteiger partial charge in [0, 0.05) is 32.7 Å². The van der Waals surface area contributed by atoms with Gasteiger partial charge in [-0.25, -0.2) is 4.79 Å². The molecular weight excluding hydrogens is 294 g/mol. The zero-order chi connectivity index (χ0) is 16.7. The highest BCUT2D eigenvalue weighted by Gasteiger charge is 2.22. The van der Waals surface area contributed by atoms with E-state index in [4.69, 9.17) is 4.74 Å². The Morgan fingerprint density at radius 3 is 2.52 bits per heavy atom. The zero-order valence-electron chi connectivity index (χ0n) is 13.9. The van der Waals surface area contributed by atoms with E-state index < -0.39 is 0 Å². The summed E-state index contributed by atoms with van der Waals surface area (Å²) in [6, 6.07) is 8.02. The second kappa shape index (κ2) is 8.53. The largest absolute Gasteiger partial charge is 0.450 e. The van der Waals surface area contributed by atoms with Crippen molar-refractivity contribution >= 4 is 12.0 Å². The fourth-order valence-electron chi connectivity index (χ4n) is 2.56. The van der Waals surface area contributed by atoms with E-state index in [0.29, 0.717) is 45.9 Å². The molecule has 1 aliphatic rings. The number of rotatable bonds is 5. The van der Waals surface area contributed by atoms with E-state index in [2.05, 4.69) is 10.2 Å². The predicted octanol–water partition coefficient (Wildman–Crippen LogP) is 1.39. The van der Waals surface area contributed by atoms with Gasteiger partial charge in [0.15, 0.2) is 0 Å². The third-order valence-corrected chi connectivity index (χ3v) is 4.00. The molecule has 0 spiro atoms. The van der Waals surface area contributed by atoms with Gasteiger partial charge >= 0.3 is 6.09 Å². The molecule has 0 atom stereocenters. The lowest BCUT2D eigenvalue weighted by atomic mass is 10.1. The lowest BCUT2D eigenvalue weighted by Gasteiger charge is -2.33. The quantitative estimate of drug-likeness (QED) is 0.891. The lowest BCUT2D eigenvalue weighted by Crippen LogP contribution is -2.51. The number of nitrogens with zero attached hydrogens (tertiary/aromatic N) is 2. The molecule has 1 fully saturated rings. The SMILES string of the molecule is CCOC(=O)N1CCN(CC(=O)NCc2ccccc2C)CC1. The fraction of sp³-hybridized carbons (Fsp3) is 0.529. The van der Waals surface area contributed by atoms with Gasteiger partial charge < -0.3 is 15.0 Å². The molecule has 23 heavy (non-hydrogen) atoms. The molecule has 6 heteroatoms. The van der Waals surface area contributed by atoms with Crippen molar-refractivity contribution in [2.75, 3.05) is 39.3 Å². The molecule has 0 bridgehead atoms. The lowest BCUT2D eigenvalue weighted by molar-refractivity contribution is -0.122. The first kappa shape index (κ1) is 17.3. The van der Waals surface area contributed by atoms with E-state index in [-0.39, 0.29) is 12.0 Å². The predicted molar refractivity (Wildman–Crippen MR) is 88.1 cm³/mol. The normalized spacial score (nSPS) is 15.3. The summed E-state index contributed by atoms with van der Waals surface area (Å²) in [4.78, 5) is 27.4. The minimum absolute atomic E-state index is 0.0119. The molecule has 0 unspecified atom stereocenters. The Hall–Kier alpha value is -2.08. The topological polar surface area (TPSA) is 61.9 Å². The van der Waals surface area contributed by atoms with Crippen molar-refractivity contribution in [3.8, 4) is 0 Å². The molecule has 6 nitrogen and oxygen atoms in total. The Labute approximate surface area is 137 Å². The number of aryl methyl sites for hydroxylation is 1. The summed E-state index contributed by atoms with van der Waals surface area (Å²) in [5, 5.41) is 2.96. The fourth-order valence-corrected chi connectivity index (χ4v) is 2.56. The van der Waals surface area contributed by atoms with Crippen molar-refractivity contribution in [3.63, 3.8) is 0 Å². The summed E-state index contributed by atoms with van der Waals surface area (Å²) in [6.07, 6.45) is -0.267. The van der Waals surface area contributed by atoms with Crippen LogP contribution in [-0.2, 0) is 16.1 Å². The van der Waals surface area contributed by atoms with Gasteiger partial charge in [-0.15, -0.1) is 0 Å². The van der Waals surface area contributed by atoms with Crippen molar-refractivity contribution in [2.24, 2.45) is 0 Å². The number of piperazine rings is 1. The van der Waals surface area contributed by atoms with E-state index >= 15 is 0 Å². The van der Waals surface area contributed by atoms with Gasteiger partial charge in [-0.2, -0.15) is 0 Å². The molecule has 0 aliphatic carbocycles. The third-order valence-electron chi connectivity index (χ3n) is 4.00. The van der Waals surface area contributed by atoms with Gasteiger partial charge in [0.05, 0.1) is 13.2 Å². The molecule has 1 saturated heterocycles. The molecule has 1 aliphatic heterocycles. The molecule has 2 amide bonds. The van der Waals surface area contributed by atoms with Crippen molar-refractivity contribution < 1.29 is 14.3 Å². The number of hydrogen-bond acceptors (Lipinski definition) is 4. The Balaban J connectivity index is 1.71. The average molecular weight is 319 g/mol. The minimum atomic E-state index is -0.267. The van der Waals surface area contributed by atoms with Crippen LogP contribution in [0, 0.1) is 6.92 Å². The van der Waals surface area contributed by atoms with Crippen molar-refractivity contribution in [2.45, 2.75) is 20.4 Å². The van der Waals surface area contributed by atoms with Gasteiger partial charge in [-0.3, -0.25) is 9.69 Å². The maximum Gasteiger partial charge on any atom is 0.409 e. The molecule has 1 aromatic rings. The number of carbonyl (C=O) groups is 2. The Morgan fingerprint density at radius 1 is 1.17 bits per heavy atom. The summed E-state index contributed by atoms with van der Waals surface area (Å²) < 4.78 is 4.99. The van der Waals surface area contributed by atoms with Crippen LogP contribution in [0.25, 0.3) is 0 Å². The Morgan fingerprint density at radius 2 is 1.87 bits per heavy atom. The first-order valence-corrected chi connectivity index (χ1v) is 8.05. The van der Waals surface area contributed by atoms with Crippen LogP contribution in [0.15, 0.2) is 24.3 Å². The van der Waals surface area contributed by atoms with Crippen LogP contribution in [-0.4, -0.2) is 61.1 Å². The summed E-state index contributed by atoms with van der Waals surface area (Å²) >= 11 is 0. The molecule has 1 N–H and O–H groups in total. The summed E-state index contributed by atoms with van der Waals surface area (Å²) in [6.45, 7) is 7.72. The number of nitrogens with one attached hydrogen (secondary N) is 1. The molecule has 0 radical (unpaired) electrons. The molecule has 1 aromatic carbocycles. The van der Waals surface area contributed by atoms with E-state index in [9.17, 15) is 9.59 Å². The first-order chi connectivity index (χ1) is 11.1. The highest BCUT2D eigenvalue weighted by molar-refractivity contribution is 5.78. The van der Waals surface area contributed by atoms with Crippen LogP contribution in [0.5, 0.6) is 0 Å². The maximum atomic E-state index is 12.1. The van der Waals surface area contributed by atoms with Crippen LogP contribution < -0.4 is 5.32 Å².